The molecule has 2 atom stereocenters. The highest BCUT2D eigenvalue weighted by Crippen LogP contribution is 2.33. The van der Waals surface area contributed by atoms with Gasteiger partial charge in [0.05, 0.1) is 31.1 Å². The molecule has 1 heterocycles. The third-order valence-corrected chi connectivity index (χ3v) is 4.51. The standard InChI is InChI=1S/C15H26N2O4/c1-2-7-16-12-10-21-9-11(12)14(20)17-15(8-13(18)19)5-3-4-6-15/h11-12,16H,2-10H2,1H3,(H,17,20)(H,18,19). The van der Waals surface area contributed by atoms with Gasteiger partial charge in [-0.2, -0.15) is 0 Å². The topological polar surface area (TPSA) is 87.7 Å². The summed E-state index contributed by atoms with van der Waals surface area (Å²) in [5, 5.41) is 15.5. The van der Waals surface area contributed by atoms with Crippen LogP contribution in [0.15, 0.2) is 0 Å². The molecular formula is C15H26N2O4. The lowest BCUT2D eigenvalue weighted by atomic mass is 9.91. The van der Waals surface area contributed by atoms with E-state index >= 15 is 0 Å². The molecule has 1 aliphatic carbocycles. The van der Waals surface area contributed by atoms with Gasteiger partial charge in [0.2, 0.25) is 5.91 Å². The minimum absolute atomic E-state index is 0.0133. The van der Waals surface area contributed by atoms with Gasteiger partial charge < -0.3 is 20.5 Å². The number of carboxylic acids is 1. The van der Waals surface area contributed by atoms with Gasteiger partial charge >= 0.3 is 5.97 Å². The molecule has 1 aliphatic heterocycles. The first-order valence-corrected chi connectivity index (χ1v) is 7.91. The van der Waals surface area contributed by atoms with E-state index in [1.54, 1.807) is 0 Å². The van der Waals surface area contributed by atoms with Crippen molar-refractivity contribution in [2.24, 2.45) is 5.92 Å². The molecule has 1 saturated carbocycles. The van der Waals surface area contributed by atoms with Gasteiger partial charge in [-0.25, -0.2) is 0 Å². The number of hydrogen-bond acceptors (Lipinski definition) is 4. The Kier molecular flexibility index (Phi) is 5.58. The minimum Gasteiger partial charge on any atom is -0.481 e. The zero-order valence-electron chi connectivity index (χ0n) is 12.7. The number of hydrogen-bond donors (Lipinski definition) is 3. The van der Waals surface area contributed by atoms with E-state index in [1.165, 1.54) is 0 Å². The van der Waals surface area contributed by atoms with E-state index in [1.807, 2.05) is 0 Å². The Morgan fingerprint density at radius 3 is 2.62 bits per heavy atom. The second-order valence-corrected chi connectivity index (χ2v) is 6.25. The molecule has 0 bridgehead atoms. The lowest BCUT2D eigenvalue weighted by Gasteiger charge is -2.31. The molecule has 0 radical (unpaired) electrons. The van der Waals surface area contributed by atoms with E-state index in [0.717, 1.165) is 38.6 Å². The number of aliphatic carboxylic acids is 1. The molecule has 2 rings (SSSR count). The molecule has 0 spiro atoms. The van der Waals surface area contributed by atoms with Crippen LogP contribution in [0.2, 0.25) is 0 Å². The molecule has 0 aromatic heterocycles. The molecule has 6 heteroatoms. The molecule has 1 saturated heterocycles. The van der Waals surface area contributed by atoms with E-state index in [9.17, 15) is 9.59 Å². The molecule has 2 unspecified atom stereocenters. The fourth-order valence-corrected chi connectivity index (χ4v) is 3.38. The van der Waals surface area contributed by atoms with Crippen molar-refractivity contribution in [1.82, 2.24) is 10.6 Å². The Labute approximate surface area is 125 Å². The molecule has 0 aromatic carbocycles. The van der Waals surface area contributed by atoms with Gasteiger partial charge in [-0.15, -0.1) is 0 Å². The van der Waals surface area contributed by atoms with Crippen molar-refractivity contribution < 1.29 is 19.4 Å². The van der Waals surface area contributed by atoms with E-state index < -0.39 is 11.5 Å². The van der Waals surface area contributed by atoms with Crippen molar-refractivity contribution in [1.29, 1.82) is 0 Å². The summed E-state index contributed by atoms with van der Waals surface area (Å²) >= 11 is 0. The summed E-state index contributed by atoms with van der Waals surface area (Å²) in [6, 6.07) is 0.0354. The van der Waals surface area contributed by atoms with Crippen LogP contribution < -0.4 is 10.6 Å². The van der Waals surface area contributed by atoms with E-state index in [4.69, 9.17) is 9.84 Å². The van der Waals surface area contributed by atoms with Crippen molar-refractivity contribution in [3.8, 4) is 0 Å². The summed E-state index contributed by atoms with van der Waals surface area (Å²) in [6.45, 7) is 3.90. The van der Waals surface area contributed by atoms with Crippen molar-refractivity contribution in [2.45, 2.75) is 57.0 Å². The van der Waals surface area contributed by atoms with Crippen molar-refractivity contribution in [3.63, 3.8) is 0 Å². The van der Waals surface area contributed by atoms with Crippen LogP contribution in [0.5, 0.6) is 0 Å². The summed E-state index contributed by atoms with van der Waals surface area (Å²) in [5.41, 5.74) is -0.555. The van der Waals surface area contributed by atoms with Gasteiger partial charge in [-0.3, -0.25) is 9.59 Å². The number of amides is 1. The number of carboxylic acid groups (broad SMARTS) is 1. The predicted octanol–water partition coefficient (Wildman–Crippen LogP) is 0.905. The normalized spacial score (nSPS) is 27.7. The molecule has 0 aromatic rings. The molecule has 1 amide bonds. The zero-order chi connectivity index (χ0) is 15.3. The largest absolute Gasteiger partial charge is 0.481 e. The van der Waals surface area contributed by atoms with Gasteiger partial charge in [-0.05, 0) is 25.8 Å². The van der Waals surface area contributed by atoms with Crippen LogP contribution in [0, 0.1) is 5.92 Å². The average Bonchev–Trinajstić information content (AvgIpc) is 3.04. The lowest BCUT2D eigenvalue weighted by molar-refractivity contribution is -0.139. The van der Waals surface area contributed by atoms with Gasteiger partial charge in [0.1, 0.15) is 0 Å². The van der Waals surface area contributed by atoms with Crippen LogP contribution in [0.4, 0.5) is 0 Å². The van der Waals surface area contributed by atoms with E-state index in [0.29, 0.717) is 13.2 Å². The third-order valence-electron chi connectivity index (χ3n) is 4.51. The molecular weight excluding hydrogens is 272 g/mol. The van der Waals surface area contributed by atoms with Crippen LogP contribution in [-0.4, -0.2) is 48.3 Å². The summed E-state index contributed by atoms with van der Waals surface area (Å²) in [5.74, 6) is -1.13. The van der Waals surface area contributed by atoms with Gasteiger partial charge in [-0.1, -0.05) is 19.8 Å². The predicted molar refractivity (Wildman–Crippen MR) is 78.0 cm³/mol. The van der Waals surface area contributed by atoms with Crippen LogP contribution in [0.3, 0.4) is 0 Å². The first-order valence-electron chi connectivity index (χ1n) is 7.91. The van der Waals surface area contributed by atoms with Gasteiger partial charge in [0.15, 0.2) is 0 Å². The van der Waals surface area contributed by atoms with Crippen molar-refractivity contribution >= 4 is 11.9 Å². The first-order chi connectivity index (χ1) is 10.1. The first kappa shape index (κ1) is 16.2. The minimum atomic E-state index is -0.847. The van der Waals surface area contributed by atoms with Crippen LogP contribution in [0.1, 0.15) is 45.4 Å². The number of ether oxygens (including phenoxy) is 1. The summed E-state index contributed by atoms with van der Waals surface area (Å²) < 4.78 is 5.43. The maximum atomic E-state index is 12.5. The highest BCUT2D eigenvalue weighted by molar-refractivity contribution is 5.81. The quantitative estimate of drug-likeness (QED) is 0.650. The SMILES string of the molecule is CCCNC1COCC1C(=O)NC1(CC(=O)O)CCCC1. The maximum absolute atomic E-state index is 12.5. The maximum Gasteiger partial charge on any atom is 0.305 e. The highest BCUT2D eigenvalue weighted by Gasteiger charge is 2.41. The number of carbonyl (C=O) groups excluding carboxylic acids is 1. The number of nitrogens with one attached hydrogen (secondary N) is 2. The Balaban J connectivity index is 1.96. The fourth-order valence-electron chi connectivity index (χ4n) is 3.38. The van der Waals surface area contributed by atoms with E-state index in [-0.39, 0.29) is 24.3 Å². The second kappa shape index (κ2) is 7.22. The zero-order valence-corrected chi connectivity index (χ0v) is 12.7. The molecule has 2 fully saturated rings. The molecule has 3 N–H and O–H groups in total. The smallest absolute Gasteiger partial charge is 0.305 e. The van der Waals surface area contributed by atoms with Crippen LogP contribution >= 0.6 is 0 Å². The molecule has 120 valence electrons. The fraction of sp³-hybridized carbons (Fsp3) is 0.867. The number of rotatable bonds is 7. The Morgan fingerprint density at radius 1 is 1.29 bits per heavy atom. The summed E-state index contributed by atoms with van der Waals surface area (Å²) in [7, 11) is 0. The van der Waals surface area contributed by atoms with E-state index in [2.05, 4.69) is 17.6 Å². The van der Waals surface area contributed by atoms with Crippen molar-refractivity contribution in [2.75, 3.05) is 19.8 Å². The Hall–Kier alpha value is -1.14. The Bertz CT molecular complexity index is 380. The van der Waals surface area contributed by atoms with Crippen molar-refractivity contribution in [3.05, 3.63) is 0 Å². The van der Waals surface area contributed by atoms with Gasteiger partial charge in [0.25, 0.3) is 0 Å². The second-order valence-electron chi connectivity index (χ2n) is 6.25. The molecule has 6 nitrogen and oxygen atoms in total. The molecule has 21 heavy (non-hydrogen) atoms. The van der Waals surface area contributed by atoms with Crippen LogP contribution in [0.25, 0.3) is 0 Å². The average molecular weight is 298 g/mol. The summed E-state index contributed by atoms with van der Waals surface area (Å²) in [6.07, 6.45) is 4.49. The van der Waals surface area contributed by atoms with Crippen LogP contribution in [-0.2, 0) is 14.3 Å². The highest BCUT2D eigenvalue weighted by atomic mass is 16.5. The monoisotopic (exact) mass is 298 g/mol. The lowest BCUT2D eigenvalue weighted by Crippen LogP contribution is -2.53. The Morgan fingerprint density at radius 2 is 2.00 bits per heavy atom. The third kappa shape index (κ3) is 4.17. The van der Waals surface area contributed by atoms with Gasteiger partial charge in [0, 0.05) is 6.04 Å². The summed E-state index contributed by atoms with van der Waals surface area (Å²) in [4.78, 5) is 23.6. The number of carbonyl (C=O) groups is 2. The molecule has 2 aliphatic rings.